The molecule has 13 heavy (non-hydrogen) atoms. The van der Waals surface area contributed by atoms with Gasteiger partial charge in [-0.3, -0.25) is 4.90 Å². The molecular weight excluding hydrogens is 162 g/mol. The lowest BCUT2D eigenvalue weighted by Gasteiger charge is -2.36. The second-order valence-corrected chi connectivity index (χ2v) is 3.88. The highest BCUT2D eigenvalue weighted by Crippen LogP contribution is 2.11. The molecule has 1 fully saturated rings. The van der Waals surface area contributed by atoms with Gasteiger partial charge in [-0.05, 0) is 19.5 Å². The molecule has 0 unspecified atom stereocenters. The van der Waals surface area contributed by atoms with Gasteiger partial charge in [-0.25, -0.2) is 0 Å². The molecule has 0 saturated carbocycles. The van der Waals surface area contributed by atoms with E-state index in [-0.39, 0.29) is 0 Å². The van der Waals surface area contributed by atoms with Crippen LogP contribution in [0.2, 0.25) is 0 Å². The van der Waals surface area contributed by atoms with Crippen molar-refractivity contribution in [1.29, 1.82) is 0 Å². The van der Waals surface area contributed by atoms with E-state index < -0.39 is 0 Å². The molecule has 0 spiro atoms. The normalized spacial score (nSPS) is 17.8. The van der Waals surface area contributed by atoms with Gasteiger partial charge in [0.05, 0.1) is 19.3 Å². The molecule has 0 aromatic heterocycles. The van der Waals surface area contributed by atoms with E-state index in [9.17, 15) is 0 Å². The first kappa shape index (κ1) is 11.0. The van der Waals surface area contributed by atoms with Crippen molar-refractivity contribution < 1.29 is 4.74 Å². The first-order valence-electron chi connectivity index (χ1n) is 5.70. The van der Waals surface area contributed by atoms with Crippen molar-refractivity contribution in [2.24, 2.45) is 0 Å². The molecule has 1 heterocycles. The van der Waals surface area contributed by atoms with Crippen LogP contribution < -0.4 is 0 Å². The fourth-order valence-electron chi connectivity index (χ4n) is 1.77. The second-order valence-electron chi connectivity index (χ2n) is 3.88. The molecule has 0 bridgehead atoms. The Morgan fingerprint density at radius 1 is 1.15 bits per heavy atom. The van der Waals surface area contributed by atoms with Crippen LogP contribution in [0.5, 0.6) is 0 Å². The molecule has 0 aromatic rings. The number of unbranched alkanes of at least 4 members (excludes halogenated alkanes) is 3. The minimum Gasteiger partial charge on any atom is -0.378 e. The summed E-state index contributed by atoms with van der Waals surface area (Å²) in [6.07, 6.45) is 5.47. The molecule has 78 valence electrons. The van der Waals surface area contributed by atoms with Crippen molar-refractivity contribution in [2.45, 2.75) is 45.6 Å². The van der Waals surface area contributed by atoms with Gasteiger partial charge in [0.2, 0.25) is 0 Å². The van der Waals surface area contributed by atoms with E-state index in [4.69, 9.17) is 4.74 Å². The lowest BCUT2D eigenvalue weighted by Crippen LogP contribution is -2.49. The molecule has 0 atom stereocenters. The minimum absolute atomic E-state index is 0.728. The molecule has 1 aliphatic heterocycles. The van der Waals surface area contributed by atoms with E-state index in [0.717, 1.165) is 19.3 Å². The summed E-state index contributed by atoms with van der Waals surface area (Å²) in [5.41, 5.74) is 0. The minimum atomic E-state index is 0.728. The molecule has 0 N–H and O–H groups in total. The Bertz CT molecular complexity index is 123. The summed E-state index contributed by atoms with van der Waals surface area (Å²) in [5.74, 6) is 0. The standard InChI is InChI=1S/C11H23NO/c1-3-5-6-7-8-12(4-2)11-9-13-10-11/h11H,3-10H2,1-2H3. The molecule has 0 aromatic carbocycles. The highest BCUT2D eigenvalue weighted by molar-refractivity contribution is 4.76. The lowest BCUT2D eigenvalue weighted by molar-refractivity contribution is -0.0635. The van der Waals surface area contributed by atoms with Crippen LogP contribution in [-0.2, 0) is 4.74 Å². The largest absolute Gasteiger partial charge is 0.378 e. The van der Waals surface area contributed by atoms with E-state index in [2.05, 4.69) is 18.7 Å². The number of hydrogen-bond acceptors (Lipinski definition) is 2. The Hall–Kier alpha value is -0.0800. The average Bonchev–Trinajstić information content (AvgIpc) is 2.07. The quantitative estimate of drug-likeness (QED) is 0.564. The summed E-state index contributed by atoms with van der Waals surface area (Å²) in [6.45, 7) is 8.88. The van der Waals surface area contributed by atoms with Crippen molar-refractivity contribution in [3.05, 3.63) is 0 Å². The molecule has 0 radical (unpaired) electrons. The maximum Gasteiger partial charge on any atom is 0.0645 e. The Kier molecular flexibility index (Phi) is 5.40. The topological polar surface area (TPSA) is 12.5 Å². The molecule has 2 heteroatoms. The molecule has 1 rings (SSSR count). The average molecular weight is 185 g/mol. The van der Waals surface area contributed by atoms with Gasteiger partial charge in [-0.2, -0.15) is 0 Å². The molecule has 0 aliphatic carbocycles. The summed E-state index contributed by atoms with van der Waals surface area (Å²) in [6, 6.07) is 0.728. The second kappa shape index (κ2) is 6.39. The predicted octanol–water partition coefficient (Wildman–Crippen LogP) is 2.29. The Labute approximate surface area is 82.3 Å². The fraction of sp³-hybridized carbons (Fsp3) is 1.00. The zero-order valence-corrected chi connectivity index (χ0v) is 9.09. The first-order valence-corrected chi connectivity index (χ1v) is 5.70. The number of likely N-dealkylation sites (N-methyl/N-ethyl adjacent to an activating group) is 1. The van der Waals surface area contributed by atoms with E-state index >= 15 is 0 Å². The van der Waals surface area contributed by atoms with Crippen LogP contribution in [0, 0.1) is 0 Å². The molecule has 0 amide bonds. The monoisotopic (exact) mass is 185 g/mol. The van der Waals surface area contributed by atoms with Crippen LogP contribution in [0.3, 0.4) is 0 Å². The van der Waals surface area contributed by atoms with Crippen molar-refractivity contribution >= 4 is 0 Å². The summed E-state index contributed by atoms with van der Waals surface area (Å²) in [5, 5.41) is 0. The molecular formula is C11H23NO. The molecule has 1 saturated heterocycles. The number of hydrogen-bond donors (Lipinski definition) is 0. The molecule has 1 aliphatic rings. The SMILES string of the molecule is CCCCCCN(CC)C1COC1. The van der Waals surface area contributed by atoms with Crippen molar-refractivity contribution in [3.8, 4) is 0 Å². The van der Waals surface area contributed by atoms with E-state index in [1.54, 1.807) is 0 Å². The van der Waals surface area contributed by atoms with E-state index in [1.165, 1.54) is 38.8 Å². The Morgan fingerprint density at radius 3 is 2.38 bits per heavy atom. The van der Waals surface area contributed by atoms with Crippen molar-refractivity contribution in [2.75, 3.05) is 26.3 Å². The third-order valence-corrected chi connectivity index (χ3v) is 2.84. The van der Waals surface area contributed by atoms with Crippen LogP contribution in [-0.4, -0.2) is 37.2 Å². The predicted molar refractivity (Wildman–Crippen MR) is 56.0 cm³/mol. The maximum absolute atomic E-state index is 5.20. The van der Waals surface area contributed by atoms with Crippen LogP contribution in [0.1, 0.15) is 39.5 Å². The fourth-order valence-corrected chi connectivity index (χ4v) is 1.77. The van der Waals surface area contributed by atoms with E-state index in [1.807, 2.05) is 0 Å². The van der Waals surface area contributed by atoms with Gasteiger partial charge in [0.1, 0.15) is 0 Å². The highest BCUT2D eigenvalue weighted by atomic mass is 16.5. The lowest BCUT2D eigenvalue weighted by atomic mass is 10.1. The van der Waals surface area contributed by atoms with Gasteiger partial charge in [-0.1, -0.05) is 33.1 Å². The third kappa shape index (κ3) is 3.65. The Balaban J connectivity index is 2.02. The maximum atomic E-state index is 5.20. The number of nitrogens with zero attached hydrogens (tertiary/aromatic N) is 1. The summed E-state index contributed by atoms with van der Waals surface area (Å²) in [7, 11) is 0. The van der Waals surface area contributed by atoms with Crippen LogP contribution in [0.15, 0.2) is 0 Å². The van der Waals surface area contributed by atoms with Crippen LogP contribution >= 0.6 is 0 Å². The van der Waals surface area contributed by atoms with Crippen molar-refractivity contribution in [3.63, 3.8) is 0 Å². The first-order chi connectivity index (χ1) is 6.38. The number of ether oxygens (including phenoxy) is 1. The summed E-state index contributed by atoms with van der Waals surface area (Å²) in [4.78, 5) is 2.55. The zero-order chi connectivity index (χ0) is 9.52. The van der Waals surface area contributed by atoms with Crippen LogP contribution in [0.25, 0.3) is 0 Å². The summed E-state index contributed by atoms with van der Waals surface area (Å²) < 4.78 is 5.20. The van der Waals surface area contributed by atoms with Gasteiger partial charge in [-0.15, -0.1) is 0 Å². The highest BCUT2D eigenvalue weighted by Gasteiger charge is 2.23. The van der Waals surface area contributed by atoms with Gasteiger partial charge >= 0.3 is 0 Å². The van der Waals surface area contributed by atoms with Gasteiger partial charge in [0.15, 0.2) is 0 Å². The smallest absolute Gasteiger partial charge is 0.0645 e. The van der Waals surface area contributed by atoms with E-state index in [0.29, 0.717) is 0 Å². The Morgan fingerprint density at radius 2 is 1.92 bits per heavy atom. The van der Waals surface area contributed by atoms with Gasteiger partial charge in [0.25, 0.3) is 0 Å². The third-order valence-electron chi connectivity index (χ3n) is 2.84. The van der Waals surface area contributed by atoms with Crippen LogP contribution in [0.4, 0.5) is 0 Å². The number of rotatable bonds is 7. The zero-order valence-electron chi connectivity index (χ0n) is 9.09. The van der Waals surface area contributed by atoms with Gasteiger partial charge < -0.3 is 4.74 Å². The van der Waals surface area contributed by atoms with Crippen molar-refractivity contribution in [1.82, 2.24) is 4.90 Å². The van der Waals surface area contributed by atoms with Gasteiger partial charge in [0, 0.05) is 0 Å². The molecule has 2 nitrogen and oxygen atoms in total. The summed E-state index contributed by atoms with van der Waals surface area (Å²) >= 11 is 0.